The molecule has 0 atom stereocenters. The van der Waals surface area contributed by atoms with Crippen LogP contribution in [0.5, 0.6) is 0 Å². The molecule has 6 rings (SSSR count). The van der Waals surface area contributed by atoms with Crippen LogP contribution in [0.2, 0.25) is 5.02 Å². The van der Waals surface area contributed by atoms with Crippen LogP contribution in [0.1, 0.15) is 27.9 Å². The van der Waals surface area contributed by atoms with E-state index in [1.165, 1.54) is 6.07 Å². The number of benzene rings is 2. The van der Waals surface area contributed by atoms with Crippen LogP contribution in [0, 0.1) is 5.82 Å². The van der Waals surface area contributed by atoms with E-state index in [9.17, 15) is 9.18 Å². The Morgan fingerprint density at radius 3 is 2.77 bits per heavy atom. The van der Waals surface area contributed by atoms with Gasteiger partial charge in [-0.05, 0) is 53.8 Å². The molecule has 0 bridgehead atoms. The fraction of sp³-hybridized carbons (Fsp3) is 0.167. The maximum atomic E-state index is 13.9. The van der Waals surface area contributed by atoms with Crippen LogP contribution in [0.15, 0.2) is 49.1 Å². The number of aromatic nitrogens is 3. The highest BCUT2D eigenvalue weighted by Gasteiger charge is 2.26. The fourth-order valence-electron chi connectivity index (χ4n) is 4.65. The fourth-order valence-corrected chi connectivity index (χ4v) is 4.80. The molecule has 1 aliphatic heterocycles. The number of hydrogen-bond acceptors (Lipinski definition) is 5. The largest absolute Gasteiger partial charge is 0.325 e. The Morgan fingerprint density at radius 2 is 1.87 bits per heavy atom. The standard InChI is InChI=1S/C24H16ClFN4O/c25-19-9-22-14(8-20(19)26)5-6-30(22)24-16-7-13(1-3-21(16)28-12-29-24)17-10-27-11-18-15(17)2-4-23(18)31/h1,3,7-12H,2,4-6H2. The monoisotopic (exact) mass is 430 g/mol. The first kappa shape index (κ1) is 18.4. The van der Waals surface area contributed by atoms with Gasteiger partial charge in [0.1, 0.15) is 18.0 Å². The molecular weight excluding hydrogens is 415 g/mol. The molecule has 0 saturated heterocycles. The zero-order valence-electron chi connectivity index (χ0n) is 16.4. The Bertz CT molecular complexity index is 1400. The second-order valence-corrected chi connectivity index (χ2v) is 8.27. The normalized spacial score (nSPS) is 14.9. The molecule has 0 radical (unpaired) electrons. The highest BCUT2D eigenvalue weighted by atomic mass is 35.5. The van der Waals surface area contributed by atoms with E-state index in [1.807, 2.05) is 24.4 Å². The molecule has 0 spiro atoms. The zero-order valence-corrected chi connectivity index (χ0v) is 17.2. The molecule has 31 heavy (non-hydrogen) atoms. The average Bonchev–Trinajstić information content (AvgIpc) is 3.36. The van der Waals surface area contributed by atoms with Crippen LogP contribution in [0.3, 0.4) is 0 Å². The van der Waals surface area contributed by atoms with Crippen LogP contribution in [-0.2, 0) is 12.8 Å². The van der Waals surface area contributed by atoms with E-state index in [0.29, 0.717) is 24.9 Å². The second kappa shape index (κ2) is 6.82. The van der Waals surface area contributed by atoms with E-state index < -0.39 is 5.82 Å². The SMILES string of the molecule is O=C1CCc2c1cncc2-c1ccc2ncnc(N3CCc4cc(F)c(Cl)cc43)c2c1. The molecule has 0 fully saturated rings. The van der Waals surface area contributed by atoms with Crippen LogP contribution in [0.4, 0.5) is 15.9 Å². The lowest BCUT2D eigenvalue weighted by atomic mass is 9.98. The predicted octanol–water partition coefficient (Wildman–Crippen LogP) is 5.31. The zero-order chi connectivity index (χ0) is 21.1. The van der Waals surface area contributed by atoms with Gasteiger partial charge in [-0.2, -0.15) is 0 Å². The van der Waals surface area contributed by atoms with Gasteiger partial charge >= 0.3 is 0 Å². The van der Waals surface area contributed by atoms with Crippen LogP contribution in [0.25, 0.3) is 22.0 Å². The minimum absolute atomic E-state index is 0.0975. The maximum Gasteiger partial charge on any atom is 0.165 e. The number of nitrogens with zero attached hydrogens (tertiary/aromatic N) is 4. The Kier molecular flexibility index (Phi) is 4.05. The molecule has 4 aromatic rings. The third kappa shape index (κ3) is 2.82. The van der Waals surface area contributed by atoms with Crippen molar-refractivity contribution in [3.05, 3.63) is 76.6 Å². The van der Waals surface area contributed by atoms with E-state index in [1.54, 1.807) is 18.6 Å². The molecule has 0 N–H and O–H groups in total. The summed E-state index contributed by atoms with van der Waals surface area (Å²) in [4.78, 5) is 27.5. The van der Waals surface area contributed by atoms with Crippen LogP contribution >= 0.6 is 11.6 Å². The lowest BCUT2D eigenvalue weighted by Gasteiger charge is -2.20. The number of hydrogen-bond donors (Lipinski definition) is 0. The van der Waals surface area contributed by atoms with Gasteiger partial charge < -0.3 is 4.90 Å². The summed E-state index contributed by atoms with van der Waals surface area (Å²) < 4.78 is 13.9. The Hall–Kier alpha value is -3.38. The number of fused-ring (bicyclic) bond motifs is 3. The molecule has 2 aromatic carbocycles. The highest BCUT2D eigenvalue weighted by Crippen LogP contribution is 2.40. The molecule has 2 aliphatic rings. The number of halogens is 2. The number of pyridine rings is 1. The van der Waals surface area contributed by atoms with E-state index in [-0.39, 0.29) is 10.8 Å². The summed E-state index contributed by atoms with van der Waals surface area (Å²) in [5, 5.41) is 0.982. The van der Waals surface area contributed by atoms with E-state index in [2.05, 4.69) is 19.9 Å². The molecule has 1 aliphatic carbocycles. The van der Waals surface area contributed by atoms with Crippen molar-refractivity contribution in [2.45, 2.75) is 19.3 Å². The minimum Gasteiger partial charge on any atom is -0.325 e. The number of Topliss-reactive ketones (excluding diaryl/α,β-unsaturated/α-hetero) is 1. The number of carbonyl (C=O) groups is 1. The Morgan fingerprint density at radius 1 is 1.00 bits per heavy atom. The van der Waals surface area contributed by atoms with E-state index >= 15 is 0 Å². The number of carbonyl (C=O) groups excluding carboxylic acids is 1. The van der Waals surface area contributed by atoms with Crippen molar-refractivity contribution >= 4 is 39.8 Å². The third-order valence-electron chi connectivity index (χ3n) is 6.16. The summed E-state index contributed by atoms with van der Waals surface area (Å²) in [6.07, 6.45) is 6.99. The molecular formula is C24H16ClFN4O. The van der Waals surface area contributed by atoms with Crippen molar-refractivity contribution in [3.8, 4) is 11.1 Å². The van der Waals surface area contributed by atoms with Gasteiger partial charge in [0.2, 0.25) is 0 Å². The predicted molar refractivity (Wildman–Crippen MR) is 118 cm³/mol. The summed E-state index contributed by atoms with van der Waals surface area (Å²) in [5.41, 5.74) is 6.29. The Labute approximate surface area is 182 Å². The average molecular weight is 431 g/mol. The summed E-state index contributed by atoms with van der Waals surface area (Å²) in [6, 6.07) is 9.18. The van der Waals surface area contributed by atoms with Crippen molar-refractivity contribution in [1.29, 1.82) is 0 Å². The van der Waals surface area contributed by atoms with Crippen molar-refractivity contribution in [2.75, 3.05) is 11.4 Å². The Balaban J connectivity index is 1.52. The van der Waals surface area contributed by atoms with Crippen molar-refractivity contribution in [1.82, 2.24) is 15.0 Å². The summed E-state index contributed by atoms with van der Waals surface area (Å²) >= 11 is 6.07. The first-order valence-electron chi connectivity index (χ1n) is 10.1. The van der Waals surface area contributed by atoms with E-state index in [0.717, 1.165) is 51.1 Å². The van der Waals surface area contributed by atoms with Gasteiger partial charge in [-0.3, -0.25) is 9.78 Å². The van der Waals surface area contributed by atoms with Crippen LogP contribution < -0.4 is 4.90 Å². The van der Waals surface area contributed by atoms with Gasteiger partial charge in [-0.15, -0.1) is 0 Å². The molecule has 2 aromatic heterocycles. The van der Waals surface area contributed by atoms with Gasteiger partial charge in [-0.25, -0.2) is 14.4 Å². The first-order valence-corrected chi connectivity index (χ1v) is 10.5. The number of rotatable bonds is 2. The summed E-state index contributed by atoms with van der Waals surface area (Å²) in [6.45, 7) is 0.683. The van der Waals surface area contributed by atoms with E-state index in [4.69, 9.17) is 11.6 Å². The van der Waals surface area contributed by atoms with Crippen molar-refractivity contribution < 1.29 is 9.18 Å². The number of ketones is 1. The first-order chi connectivity index (χ1) is 15.1. The third-order valence-corrected chi connectivity index (χ3v) is 6.45. The molecule has 152 valence electrons. The lowest BCUT2D eigenvalue weighted by molar-refractivity contribution is 0.0994. The number of anilines is 2. The quantitative estimate of drug-likeness (QED) is 0.431. The van der Waals surface area contributed by atoms with Gasteiger partial charge in [0, 0.05) is 47.6 Å². The van der Waals surface area contributed by atoms with Gasteiger partial charge in [0.15, 0.2) is 5.78 Å². The topological polar surface area (TPSA) is 59.0 Å². The second-order valence-electron chi connectivity index (χ2n) is 7.86. The summed E-state index contributed by atoms with van der Waals surface area (Å²) in [7, 11) is 0. The lowest BCUT2D eigenvalue weighted by Crippen LogP contribution is -2.15. The minimum atomic E-state index is -0.405. The summed E-state index contributed by atoms with van der Waals surface area (Å²) in [5.74, 6) is 0.494. The molecule has 5 nitrogen and oxygen atoms in total. The van der Waals surface area contributed by atoms with Crippen molar-refractivity contribution in [3.63, 3.8) is 0 Å². The maximum absolute atomic E-state index is 13.9. The van der Waals surface area contributed by atoms with Gasteiger partial charge in [-0.1, -0.05) is 17.7 Å². The van der Waals surface area contributed by atoms with Gasteiger partial charge in [0.05, 0.1) is 10.5 Å². The highest BCUT2D eigenvalue weighted by molar-refractivity contribution is 6.31. The molecule has 0 amide bonds. The smallest absolute Gasteiger partial charge is 0.165 e. The van der Waals surface area contributed by atoms with Gasteiger partial charge in [0.25, 0.3) is 0 Å². The molecule has 3 heterocycles. The molecule has 0 unspecified atom stereocenters. The van der Waals surface area contributed by atoms with Crippen molar-refractivity contribution in [2.24, 2.45) is 0 Å². The van der Waals surface area contributed by atoms with Crippen LogP contribution in [-0.4, -0.2) is 27.3 Å². The molecule has 7 heteroatoms. The molecule has 0 saturated carbocycles.